The SMILES string of the molecule is C/C=C/CCc1ccc(C2CCC(OCc3ccc(C4CC=C(c5ccc(OCC)c(F)c5F)CC4)c(F)c3F)CC2)c(F)c1F. The van der Waals surface area contributed by atoms with E-state index in [0.29, 0.717) is 74.5 Å². The Morgan fingerprint density at radius 2 is 1.39 bits per heavy atom. The number of ether oxygens (including phenoxy) is 2. The first-order valence-corrected chi connectivity index (χ1v) is 16.2. The van der Waals surface area contributed by atoms with Gasteiger partial charge in [-0.15, -0.1) is 0 Å². The second kappa shape index (κ2) is 15.4. The molecular weight excluding hydrogens is 602 g/mol. The monoisotopic (exact) mass is 642 g/mol. The number of hydrogen-bond acceptors (Lipinski definition) is 2. The van der Waals surface area contributed by atoms with Crippen molar-refractivity contribution < 1.29 is 35.8 Å². The average Bonchev–Trinajstić information content (AvgIpc) is 3.07. The zero-order valence-electron chi connectivity index (χ0n) is 26.3. The lowest BCUT2D eigenvalue weighted by molar-refractivity contribution is 0.0116. The first-order chi connectivity index (χ1) is 22.2. The maximum absolute atomic E-state index is 15.2. The van der Waals surface area contributed by atoms with Crippen LogP contribution in [0.25, 0.3) is 5.57 Å². The molecule has 1 fully saturated rings. The van der Waals surface area contributed by atoms with E-state index in [1.165, 1.54) is 18.2 Å². The third-order valence-electron chi connectivity index (χ3n) is 9.33. The molecule has 0 radical (unpaired) electrons. The molecule has 1 saturated carbocycles. The highest BCUT2D eigenvalue weighted by atomic mass is 19.2. The Morgan fingerprint density at radius 1 is 0.717 bits per heavy atom. The van der Waals surface area contributed by atoms with Crippen LogP contribution in [0.1, 0.15) is 105 Å². The molecular formula is C38H40F6O2. The van der Waals surface area contributed by atoms with Gasteiger partial charge in [-0.3, -0.25) is 0 Å². The number of rotatable bonds is 11. The van der Waals surface area contributed by atoms with Gasteiger partial charge in [0.1, 0.15) is 0 Å². The van der Waals surface area contributed by atoms with Gasteiger partial charge in [0.25, 0.3) is 0 Å². The molecule has 0 aromatic heterocycles. The summed E-state index contributed by atoms with van der Waals surface area (Å²) in [5.41, 5.74) is 1.90. The summed E-state index contributed by atoms with van der Waals surface area (Å²) in [6, 6.07) is 9.37. The Hall–Kier alpha value is -3.52. The van der Waals surface area contributed by atoms with Crippen LogP contribution in [0.15, 0.2) is 54.6 Å². The molecule has 1 unspecified atom stereocenters. The molecule has 0 saturated heterocycles. The van der Waals surface area contributed by atoms with Crippen molar-refractivity contribution in [1.82, 2.24) is 0 Å². The van der Waals surface area contributed by atoms with E-state index in [-0.39, 0.29) is 53.6 Å². The first kappa shape index (κ1) is 33.8. The van der Waals surface area contributed by atoms with Crippen molar-refractivity contribution >= 4 is 5.57 Å². The number of hydrogen-bond donors (Lipinski definition) is 0. The zero-order valence-corrected chi connectivity index (χ0v) is 26.3. The van der Waals surface area contributed by atoms with Gasteiger partial charge < -0.3 is 9.47 Å². The normalized spacial score (nSPS) is 20.3. The molecule has 3 aromatic rings. The van der Waals surface area contributed by atoms with Crippen LogP contribution in [0.3, 0.4) is 0 Å². The van der Waals surface area contributed by atoms with Crippen LogP contribution in [0.2, 0.25) is 0 Å². The van der Waals surface area contributed by atoms with Gasteiger partial charge in [-0.25, -0.2) is 22.0 Å². The molecule has 46 heavy (non-hydrogen) atoms. The summed E-state index contributed by atoms with van der Waals surface area (Å²) < 4.78 is 100. The molecule has 2 nitrogen and oxygen atoms in total. The number of halogens is 6. The van der Waals surface area contributed by atoms with Gasteiger partial charge in [0.2, 0.25) is 5.82 Å². The molecule has 8 heteroatoms. The van der Waals surface area contributed by atoms with Gasteiger partial charge in [-0.1, -0.05) is 42.5 Å². The Kier molecular flexibility index (Phi) is 11.3. The Balaban J connectivity index is 1.16. The van der Waals surface area contributed by atoms with Gasteiger partial charge in [0.15, 0.2) is 34.8 Å². The van der Waals surface area contributed by atoms with Crippen molar-refractivity contribution in [2.45, 2.75) is 96.2 Å². The van der Waals surface area contributed by atoms with Gasteiger partial charge in [-0.05, 0) is 118 Å². The van der Waals surface area contributed by atoms with Crippen LogP contribution >= 0.6 is 0 Å². The summed E-state index contributed by atoms with van der Waals surface area (Å²) in [4.78, 5) is 0. The van der Waals surface area contributed by atoms with Crippen LogP contribution in [0.4, 0.5) is 26.3 Å². The lowest BCUT2D eigenvalue weighted by Gasteiger charge is -2.29. The lowest BCUT2D eigenvalue weighted by atomic mass is 9.82. The molecule has 0 N–H and O–H groups in total. The fourth-order valence-corrected chi connectivity index (χ4v) is 6.71. The van der Waals surface area contributed by atoms with Gasteiger partial charge in [0.05, 0.1) is 19.3 Å². The minimum absolute atomic E-state index is 0.0977. The number of allylic oxidation sites excluding steroid dienone is 4. The van der Waals surface area contributed by atoms with Crippen molar-refractivity contribution in [2.75, 3.05) is 6.61 Å². The molecule has 3 aromatic carbocycles. The summed E-state index contributed by atoms with van der Waals surface area (Å²) in [6.07, 6.45) is 10.1. The van der Waals surface area contributed by atoms with E-state index >= 15 is 8.78 Å². The summed E-state index contributed by atoms with van der Waals surface area (Å²) >= 11 is 0. The second-order valence-corrected chi connectivity index (χ2v) is 12.1. The zero-order chi connectivity index (χ0) is 32.8. The van der Waals surface area contributed by atoms with E-state index in [1.807, 2.05) is 19.1 Å². The van der Waals surface area contributed by atoms with E-state index in [4.69, 9.17) is 9.47 Å². The molecule has 0 bridgehead atoms. The molecule has 0 heterocycles. The fraction of sp³-hybridized carbons (Fsp3) is 0.421. The fourth-order valence-electron chi connectivity index (χ4n) is 6.71. The smallest absolute Gasteiger partial charge is 0.201 e. The quantitative estimate of drug-likeness (QED) is 0.153. The second-order valence-electron chi connectivity index (χ2n) is 12.1. The predicted octanol–water partition coefficient (Wildman–Crippen LogP) is 11.0. The van der Waals surface area contributed by atoms with Gasteiger partial charge in [-0.2, -0.15) is 4.39 Å². The van der Waals surface area contributed by atoms with Crippen LogP contribution in [-0.2, 0) is 17.8 Å². The van der Waals surface area contributed by atoms with E-state index in [9.17, 15) is 17.6 Å². The topological polar surface area (TPSA) is 18.5 Å². The van der Waals surface area contributed by atoms with Crippen LogP contribution in [0, 0.1) is 34.9 Å². The lowest BCUT2D eigenvalue weighted by Crippen LogP contribution is -2.22. The minimum Gasteiger partial charge on any atom is -0.491 e. The maximum Gasteiger partial charge on any atom is 0.201 e. The van der Waals surface area contributed by atoms with Crippen LogP contribution in [-0.4, -0.2) is 12.7 Å². The van der Waals surface area contributed by atoms with E-state index in [0.717, 1.165) is 0 Å². The number of aryl methyl sites for hydroxylation is 1. The minimum atomic E-state index is -1.04. The molecule has 2 aliphatic carbocycles. The average molecular weight is 643 g/mol. The Bertz CT molecular complexity index is 1590. The van der Waals surface area contributed by atoms with Crippen molar-refractivity contribution in [3.8, 4) is 5.75 Å². The molecule has 1 atom stereocenters. The summed E-state index contributed by atoms with van der Waals surface area (Å²) in [7, 11) is 0. The molecule has 0 spiro atoms. The standard InChI is InChI=1S/C38H40F6O2/c1-3-5-6-7-26-14-18-29(35(41)33(26)39)25-12-16-28(17-13-25)46-22-27-15-19-30(36(42)34(27)40)23-8-10-24(11-9-23)31-20-21-32(45-4-2)38(44)37(31)43/h3,5,10,14-15,18-21,23,25,28H,4,6-9,11-13,16-17,22H2,1-2H3/b5-3+. The predicted molar refractivity (Wildman–Crippen MR) is 168 cm³/mol. The Morgan fingerprint density at radius 3 is 2.04 bits per heavy atom. The third-order valence-corrected chi connectivity index (χ3v) is 9.33. The molecule has 246 valence electrons. The highest BCUT2D eigenvalue weighted by Crippen LogP contribution is 2.40. The van der Waals surface area contributed by atoms with Gasteiger partial charge in [0, 0.05) is 11.1 Å². The van der Waals surface area contributed by atoms with Crippen LogP contribution < -0.4 is 4.74 Å². The van der Waals surface area contributed by atoms with Gasteiger partial charge >= 0.3 is 0 Å². The summed E-state index contributed by atoms with van der Waals surface area (Å²) in [5, 5.41) is 0. The van der Waals surface area contributed by atoms with E-state index in [2.05, 4.69) is 0 Å². The summed E-state index contributed by atoms with van der Waals surface area (Å²) in [6.45, 7) is 3.69. The van der Waals surface area contributed by atoms with E-state index in [1.54, 1.807) is 31.2 Å². The van der Waals surface area contributed by atoms with Crippen molar-refractivity contribution in [2.24, 2.45) is 0 Å². The first-order valence-electron chi connectivity index (χ1n) is 16.2. The maximum atomic E-state index is 15.2. The highest BCUT2D eigenvalue weighted by Gasteiger charge is 2.28. The number of benzene rings is 3. The molecule has 0 aliphatic heterocycles. The molecule has 5 rings (SSSR count). The summed E-state index contributed by atoms with van der Waals surface area (Å²) in [5.74, 6) is -6.00. The largest absolute Gasteiger partial charge is 0.491 e. The molecule has 0 amide bonds. The molecule has 2 aliphatic rings. The van der Waals surface area contributed by atoms with E-state index < -0.39 is 34.9 Å². The van der Waals surface area contributed by atoms with Crippen molar-refractivity contribution in [3.05, 3.63) is 117 Å². The highest BCUT2D eigenvalue weighted by molar-refractivity contribution is 5.68. The van der Waals surface area contributed by atoms with Crippen molar-refractivity contribution in [3.63, 3.8) is 0 Å². The van der Waals surface area contributed by atoms with Crippen LogP contribution in [0.5, 0.6) is 5.75 Å². The Labute approximate surface area is 267 Å². The third kappa shape index (κ3) is 7.38. The van der Waals surface area contributed by atoms with Crippen molar-refractivity contribution in [1.29, 1.82) is 0 Å².